The van der Waals surface area contributed by atoms with Gasteiger partial charge in [0.1, 0.15) is 12.4 Å². The van der Waals surface area contributed by atoms with Crippen molar-refractivity contribution in [3.05, 3.63) is 78.2 Å². The Morgan fingerprint density at radius 2 is 1.85 bits per heavy atom. The Balaban J connectivity index is 1.77. The predicted octanol–water partition coefficient (Wildman–Crippen LogP) is 3.76. The maximum atomic E-state index is 12.5. The Kier molecular flexibility index (Phi) is 6.12. The van der Waals surface area contributed by atoms with E-state index in [1.165, 1.54) is 7.11 Å². The van der Waals surface area contributed by atoms with E-state index in [4.69, 9.17) is 9.47 Å². The fraction of sp³-hybridized carbons (Fsp3) is 0.190. The number of rotatable bonds is 7. The van der Waals surface area contributed by atoms with Crippen LogP contribution in [0.25, 0.3) is 0 Å². The van der Waals surface area contributed by atoms with Crippen LogP contribution >= 0.6 is 0 Å². The number of aryl methyl sites for hydroxylation is 1. The van der Waals surface area contributed by atoms with Gasteiger partial charge >= 0.3 is 0 Å². The van der Waals surface area contributed by atoms with Gasteiger partial charge < -0.3 is 14.4 Å². The minimum Gasteiger partial charge on any atom is -0.439 e. The standard InChI is InChI=1S/C21H21N3O3/c1-16-6-9-19(10-7-16)27-20-11-8-18(13-23-20)24(21(25)15-26-2)14-17-5-3-4-12-22-17/h3-13H,14-15H2,1-2H3. The monoisotopic (exact) mass is 363 g/mol. The summed E-state index contributed by atoms with van der Waals surface area (Å²) in [4.78, 5) is 22.7. The van der Waals surface area contributed by atoms with Crippen molar-refractivity contribution in [3.8, 4) is 11.6 Å². The highest BCUT2D eigenvalue weighted by atomic mass is 16.5. The summed E-state index contributed by atoms with van der Waals surface area (Å²) >= 11 is 0. The van der Waals surface area contributed by atoms with Crippen LogP contribution < -0.4 is 9.64 Å². The topological polar surface area (TPSA) is 64.5 Å². The Labute approximate surface area is 158 Å². The molecule has 2 heterocycles. The van der Waals surface area contributed by atoms with E-state index < -0.39 is 0 Å². The van der Waals surface area contributed by atoms with Crippen molar-refractivity contribution in [1.29, 1.82) is 0 Å². The molecular formula is C21H21N3O3. The Hall–Kier alpha value is -3.25. The molecule has 0 aliphatic heterocycles. The Morgan fingerprint density at radius 3 is 2.48 bits per heavy atom. The molecule has 0 radical (unpaired) electrons. The number of aromatic nitrogens is 2. The van der Waals surface area contributed by atoms with Crippen LogP contribution in [-0.2, 0) is 16.1 Å². The van der Waals surface area contributed by atoms with E-state index >= 15 is 0 Å². The van der Waals surface area contributed by atoms with Crippen LogP contribution in [0.2, 0.25) is 0 Å². The molecule has 0 saturated heterocycles. The quantitative estimate of drug-likeness (QED) is 0.639. The van der Waals surface area contributed by atoms with E-state index in [0.717, 1.165) is 11.3 Å². The average molecular weight is 363 g/mol. The first-order valence-electron chi connectivity index (χ1n) is 8.55. The van der Waals surface area contributed by atoms with Gasteiger partial charge in [0.2, 0.25) is 5.88 Å². The zero-order chi connectivity index (χ0) is 19.1. The van der Waals surface area contributed by atoms with Crippen LogP contribution in [0, 0.1) is 6.92 Å². The molecule has 0 N–H and O–H groups in total. The van der Waals surface area contributed by atoms with Gasteiger partial charge in [-0.25, -0.2) is 4.98 Å². The number of amides is 1. The lowest BCUT2D eigenvalue weighted by molar-refractivity contribution is -0.122. The number of carbonyl (C=O) groups is 1. The molecule has 0 atom stereocenters. The van der Waals surface area contributed by atoms with Crippen LogP contribution in [0.1, 0.15) is 11.3 Å². The molecule has 0 fully saturated rings. The molecule has 3 rings (SSSR count). The zero-order valence-corrected chi connectivity index (χ0v) is 15.3. The van der Waals surface area contributed by atoms with Crippen molar-refractivity contribution in [1.82, 2.24) is 9.97 Å². The lowest BCUT2D eigenvalue weighted by atomic mass is 10.2. The number of pyridine rings is 2. The fourth-order valence-corrected chi connectivity index (χ4v) is 2.50. The van der Waals surface area contributed by atoms with Crippen molar-refractivity contribution in [2.75, 3.05) is 18.6 Å². The van der Waals surface area contributed by atoms with Crippen molar-refractivity contribution in [2.24, 2.45) is 0 Å². The first kappa shape index (κ1) is 18.5. The maximum Gasteiger partial charge on any atom is 0.253 e. The van der Waals surface area contributed by atoms with Crippen molar-refractivity contribution < 1.29 is 14.3 Å². The van der Waals surface area contributed by atoms with Gasteiger partial charge in [0.05, 0.1) is 24.1 Å². The number of nitrogens with zero attached hydrogens (tertiary/aromatic N) is 3. The molecule has 0 aliphatic carbocycles. The lowest BCUT2D eigenvalue weighted by Gasteiger charge is -2.22. The van der Waals surface area contributed by atoms with E-state index in [2.05, 4.69) is 9.97 Å². The number of carbonyl (C=O) groups excluding carboxylic acids is 1. The van der Waals surface area contributed by atoms with Gasteiger partial charge in [-0.05, 0) is 37.3 Å². The third-order valence-corrected chi connectivity index (χ3v) is 3.89. The molecule has 6 nitrogen and oxygen atoms in total. The van der Waals surface area contributed by atoms with Crippen LogP contribution in [0.4, 0.5) is 5.69 Å². The summed E-state index contributed by atoms with van der Waals surface area (Å²) in [5.41, 5.74) is 2.59. The van der Waals surface area contributed by atoms with Crippen LogP contribution in [-0.4, -0.2) is 29.6 Å². The molecule has 3 aromatic rings. The molecule has 1 amide bonds. The van der Waals surface area contributed by atoms with E-state index in [0.29, 0.717) is 23.9 Å². The minimum atomic E-state index is -0.169. The highest BCUT2D eigenvalue weighted by Gasteiger charge is 2.17. The number of methoxy groups -OCH3 is 1. The molecule has 0 saturated carbocycles. The first-order valence-corrected chi connectivity index (χ1v) is 8.55. The molecule has 6 heteroatoms. The summed E-state index contributed by atoms with van der Waals surface area (Å²) in [5.74, 6) is 0.999. The van der Waals surface area contributed by atoms with Crippen LogP contribution in [0.5, 0.6) is 11.6 Å². The summed E-state index contributed by atoms with van der Waals surface area (Å²) in [6.07, 6.45) is 3.31. The molecule has 27 heavy (non-hydrogen) atoms. The van der Waals surface area contributed by atoms with Gasteiger partial charge in [-0.15, -0.1) is 0 Å². The predicted molar refractivity (Wildman–Crippen MR) is 103 cm³/mol. The number of ether oxygens (including phenoxy) is 2. The number of benzene rings is 1. The molecule has 0 spiro atoms. The normalized spacial score (nSPS) is 10.4. The second-order valence-corrected chi connectivity index (χ2v) is 6.00. The number of anilines is 1. The number of hydrogen-bond donors (Lipinski definition) is 0. The van der Waals surface area contributed by atoms with E-state index in [-0.39, 0.29) is 12.5 Å². The highest BCUT2D eigenvalue weighted by Crippen LogP contribution is 2.23. The maximum absolute atomic E-state index is 12.5. The summed E-state index contributed by atoms with van der Waals surface area (Å²) < 4.78 is 10.7. The summed E-state index contributed by atoms with van der Waals surface area (Å²) in [7, 11) is 1.49. The fourth-order valence-electron chi connectivity index (χ4n) is 2.50. The molecule has 0 aliphatic rings. The van der Waals surface area contributed by atoms with Crippen molar-refractivity contribution in [2.45, 2.75) is 13.5 Å². The van der Waals surface area contributed by atoms with Gasteiger partial charge in [-0.1, -0.05) is 23.8 Å². The molecule has 0 bridgehead atoms. The van der Waals surface area contributed by atoms with E-state index in [9.17, 15) is 4.79 Å². The van der Waals surface area contributed by atoms with Gasteiger partial charge in [0.15, 0.2) is 0 Å². The lowest BCUT2D eigenvalue weighted by Crippen LogP contribution is -2.33. The molecule has 0 unspecified atom stereocenters. The second-order valence-electron chi connectivity index (χ2n) is 6.00. The van der Waals surface area contributed by atoms with Gasteiger partial charge in [-0.2, -0.15) is 0 Å². The van der Waals surface area contributed by atoms with Crippen LogP contribution in [0.3, 0.4) is 0 Å². The molecule has 138 valence electrons. The minimum absolute atomic E-state index is 0.0194. The highest BCUT2D eigenvalue weighted by molar-refractivity contribution is 5.94. The molecular weight excluding hydrogens is 342 g/mol. The molecule has 1 aromatic carbocycles. The third kappa shape index (κ3) is 5.12. The van der Waals surface area contributed by atoms with E-state index in [1.807, 2.05) is 49.4 Å². The van der Waals surface area contributed by atoms with Gasteiger partial charge in [0, 0.05) is 19.4 Å². The largest absolute Gasteiger partial charge is 0.439 e. The van der Waals surface area contributed by atoms with Gasteiger partial charge in [0.25, 0.3) is 5.91 Å². The smallest absolute Gasteiger partial charge is 0.253 e. The summed E-state index contributed by atoms with van der Waals surface area (Å²) in [6, 6.07) is 16.9. The second kappa shape index (κ2) is 8.91. The SMILES string of the molecule is COCC(=O)N(Cc1ccccn1)c1ccc(Oc2ccc(C)cc2)nc1. The summed E-state index contributed by atoms with van der Waals surface area (Å²) in [5, 5.41) is 0. The van der Waals surface area contributed by atoms with Gasteiger partial charge in [-0.3, -0.25) is 9.78 Å². The van der Waals surface area contributed by atoms with Crippen molar-refractivity contribution in [3.63, 3.8) is 0 Å². The zero-order valence-electron chi connectivity index (χ0n) is 15.3. The average Bonchev–Trinajstić information content (AvgIpc) is 2.70. The number of hydrogen-bond acceptors (Lipinski definition) is 5. The van der Waals surface area contributed by atoms with Crippen LogP contribution in [0.15, 0.2) is 67.0 Å². The van der Waals surface area contributed by atoms with Crippen molar-refractivity contribution >= 4 is 11.6 Å². The third-order valence-electron chi connectivity index (χ3n) is 3.89. The first-order chi connectivity index (χ1) is 13.2. The Bertz CT molecular complexity index is 865. The molecule has 2 aromatic heterocycles. The Morgan fingerprint density at radius 1 is 1.04 bits per heavy atom. The summed E-state index contributed by atoms with van der Waals surface area (Å²) in [6.45, 7) is 2.33. The van der Waals surface area contributed by atoms with E-state index in [1.54, 1.807) is 29.4 Å².